The number of ether oxygens (including phenoxy) is 1. The fourth-order valence-electron chi connectivity index (χ4n) is 2.13. The van der Waals surface area contributed by atoms with E-state index in [1.54, 1.807) is 7.11 Å². The van der Waals surface area contributed by atoms with Gasteiger partial charge >= 0.3 is 0 Å². The molecule has 1 heterocycles. The number of amides is 1. The maximum atomic E-state index is 12.0. The Labute approximate surface area is 110 Å². The van der Waals surface area contributed by atoms with E-state index in [2.05, 4.69) is 0 Å². The van der Waals surface area contributed by atoms with Crippen molar-refractivity contribution in [2.75, 3.05) is 26.8 Å². The Morgan fingerprint density at radius 1 is 1.53 bits per heavy atom. The molecule has 1 unspecified atom stereocenters. The van der Waals surface area contributed by atoms with E-state index in [-0.39, 0.29) is 30.3 Å². The van der Waals surface area contributed by atoms with E-state index in [0.717, 1.165) is 32.5 Å². The van der Waals surface area contributed by atoms with Gasteiger partial charge in [0.2, 0.25) is 5.91 Å². The lowest BCUT2D eigenvalue weighted by atomic mass is 9.96. The molecule has 2 atom stereocenters. The molecular formula is C12H25ClN2O2. The Kier molecular flexibility index (Phi) is 7.75. The lowest BCUT2D eigenvalue weighted by molar-refractivity contribution is -0.135. The van der Waals surface area contributed by atoms with Crippen molar-refractivity contribution < 1.29 is 9.53 Å². The first kappa shape index (κ1) is 16.7. The van der Waals surface area contributed by atoms with Crippen molar-refractivity contribution >= 4 is 18.3 Å². The van der Waals surface area contributed by atoms with Crippen LogP contribution in [-0.2, 0) is 9.53 Å². The third-order valence-electron chi connectivity index (χ3n) is 3.24. The van der Waals surface area contributed by atoms with Crippen LogP contribution in [0.5, 0.6) is 0 Å². The molecule has 1 saturated heterocycles. The fourth-order valence-corrected chi connectivity index (χ4v) is 2.13. The van der Waals surface area contributed by atoms with Crippen LogP contribution in [-0.4, -0.2) is 43.7 Å². The summed E-state index contributed by atoms with van der Waals surface area (Å²) in [5.41, 5.74) is 5.89. The molecule has 0 saturated carbocycles. The van der Waals surface area contributed by atoms with Crippen LogP contribution >= 0.6 is 12.4 Å². The predicted octanol–water partition coefficient (Wildman–Crippen LogP) is 1.28. The second-order valence-corrected chi connectivity index (χ2v) is 5.02. The van der Waals surface area contributed by atoms with Crippen LogP contribution in [0, 0.1) is 11.8 Å². The molecule has 4 nitrogen and oxygen atoms in total. The molecule has 0 radical (unpaired) electrons. The van der Waals surface area contributed by atoms with Crippen molar-refractivity contribution in [1.82, 2.24) is 4.90 Å². The Morgan fingerprint density at radius 3 is 2.71 bits per heavy atom. The number of halogens is 1. The van der Waals surface area contributed by atoms with Gasteiger partial charge in [0.05, 0.1) is 12.6 Å². The Balaban J connectivity index is 0.00000256. The van der Waals surface area contributed by atoms with Gasteiger partial charge in [-0.15, -0.1) is 12.4 Å². The van der Waals surface area contributed by atoms with Crippen molar-refractivity contribution in [3.8, 4) is 0 Å². The lowest BCUT2D eigenvalue weighted by Crippen LogP contribution is -2.50. The van der Waals surface area contributed by atoms with Crippen LogP contribution in [0.2, 0.25) is 0 Å². The van der Waals surface area contributed by atoms with E-state index in [1.807, 2.05) is 18.7 Å². The largest absolute Gasteiger partial charge is 0.384 e. The number of methoxy groups -OCH3 is 1. The fraction of sp³-hybridized carbons (Fsp3) is 0.917. The monoisotopic (exact) mass is 264 g/mol. The molecule has 5 heteroatoms. The topological polar surface area (TPSA) is 55.6 Å². The third kappa shape index (κ3) is 4.82. The third-order valence-corrected chi connectivity index (χ3v) is 3.24. The van der Waals surface area contributed by atoms with Gasteiger partial charge in [-0.2, -0.15) is 0 Å². The van der Waals surface area contributed by atoms with Crippen LogP contribution in [0.3, 0.4) is 0 Å². The number of carbonyl (C=O) groups is 1. The van der Waals surface area contributed by atoms with Crippen molar-refractivity contribution in [3.63, 3.8) is 0 Å². The molecule has 0 spiro atoms. The van der Waals surface area contributed by atoms with E-state index in [9.17, 15) is 4.79 Å². The molecular weight excluding hydrogens is 240 g/mol. The molecule has 1 fully saturated rings. The van der Waals surface area contributed by atoms with Gasteiger partial charge in [0.15, 0.2) is 0 Å². The highest BCUT2D eigenvalue weighted by molar-refractivity contribution is 5.85. The van der Waals surface area contributed by atoms with Crippen molar-refractivity contribution in [1.29, 1.82) is 0 Å². The van der Waals surface area contributed by atoms with Crippen LogP contribution in [0.25, 0.3) is 0 Å². The molecule has 0 aromatic rings. The highest BCUT2D eigenvalue weighted by Gasteiger charge is 2.28. The Morgan fingerprint density at radius 2 is 2.18 bits per heavy atom. The normalized spacial score (nSPS) is 22.2. The van der Waals surface area contributed by atoms with Gasteiger partial charge < -0.3 is 15.4 Å². The zero-order chi connectivity index (χ0) is 12.1. The Hall–Kier alpha value is -0.320. The lowest BCUT2D eigenvalue weighted by Gasteiger charge is -2.34. The predicted molar refractivity (Wildman–Crippen MR) is 71.2 cm³/mol. The van der Waals surface area contributed by atoms with Crippen molar-refractivity contribution in [2.45, 2.75) is 32.7 Å². The standard InChI is InChI=1S/C12H24N2O2.ClH/c1-9(2)11(13)12(15)14-6-4-5-10(7-14)8-16-3;/h9-11H,4-8,13H2,1-3H3;1H/t10?,11-;/m0./s1. The minimum atomic E-state index is -0.360. The van der Waals surface area contributed by atoms with Gasteiger partial charge in [-0.05, 0) is 24.7 Å². The second-order valence-electron chi connectivity index (χ2n) is 5.02. The number of nitrogens with zero attached hydrogens (tertiary/aromatic N) is 1. The number of likely N-dealkylation sites (tertiary alicyclic amines) is 1. The molecule has 0 bridgehead atoms. The number of rotatable bonds is 4. The first-order chi connectivity index (χ1) is 7.56. The number of hydrogen-bond donors (Lipinski definition) is 1. The SMILES string of the molecule is COCC1CCCN(C(=O)[C@@H](N)C(C)C)C1.Cl. The number of hydrogen-bond acceptors (Lipinski definition) is 3. The summed E-state index contributed by atoms with van der Waals surface area (Å²) in [5.74, 6) is 0.771. The summed E-state index contributed by atoms with van der Waals surface area (Å²) in [4.78, 5) is 14.0. The summed E-state index contributed by atoms with van der Waals surface area (Å²) in [6.07, 6.45) is 2.21. The Bertz CT molecular complexity index is 235. The smallest absolute Gasteiger partial charge is 0.239 e. The first-order valence-corrected chi connectivity index (χ1v) is 6.09. The first-order valence-electron chi connectivity index (χ1n) is 6.09. The molecule has 1 rings (SSSR count). The summed E-state index contributed by atoms with van der Waals surface area (Å²) in [6.45, 7) is 6.35. The zero-order valence-corrected chi connectivity index (χ0v) is 11.8. The molecule has 17 heavy (non-hydrogen) atoms. The number of carbonyl (C=O) groups excluding carboxylic acids is 1. The highest BCUT2D eigenvalue weighted by atomic mass is 35.5. The minimum absolute atomic E-state index is 0. The van der Waals surface area contributed by atoms with Crippen LogP contribution in [0.1, 0.15) is 26.7 Å². The molecule has 0 aromatic carbocycles. The van der Waals surface area contributed by atoms with Gasteiger partial charge in [-0.25, -0.2) is 0 Å². The van der Waals surface area contributed by atoms with Gasteiger partial charge in [-0.1, -0.05) is 13.8 Å². The summed E-state index contributed by atoms with van der Waals surface area (Å²) in [6, 6.07) is -0.360. The van der Waals surface area contributed by atoms with E-state index in [4.69, 9.17) is 10.5 Å². The number of nitrogens with two attached hydrogens (primary N) is 1. The average Bonchev–Trinajstić information content (AvgIpc) is 2.28. The maximum absolute atomic E-state index is 12.0. The van der Waals surface area contributed by atoms with Gasteiger partial charge in [0.25, 0.3) is 0 Å². The zero-order valence-electron chi connectivity index (χ0n) is 11.0. The molecule has 0 aliphatic carbocycles. The minimum Gasteiger partial charge on any atom is -0.384 e. The van der Waals surface area contributed by atoms with Gasteiger partial charge in [0.1, 0.15) is 0 Å². The number of piperidine rings is 1. The average molecular weight is 265 g/mol. The van der Waals surface area contributed by atoms with Crippen molar-refractivity contribution in [3.05, 3.63) is 0 Å². The van der Waals surface area contributed by atoms with Gasteiger partial charge in [0, 0.05) is 20.2 Å². The summed E-state index contributed by atoms with van der Waals surface area (Å²) in [5, 5.41) is 0. The van der Waals surface area contributed by atoms with Crippen LogP contribution < -0.4 is 5.73 Å². The second kappa shape index (κ2) is 7.90. The quantitative estimate of drug-likeness (QED) is 0.832. The van der Waals surface area contributed by atoms with Crippen LogP contribution in [0.4, 0.5) is 0 Å². The molecule has 1 amide bonds. The van der Waals surface area contributed by atoms with Gasteiger partial charge in [-0.3, -0.25) is 4.79 Å². The van der Waals surface area contributed by atoms with E-state index < -0.39 is 0 Å². The van der Waals surface area contributed by atoms with E-state index >= 15 is 0 Å². The van der Waals surface area contributed by atoms with E-state index in [0.29, 0.717) is 5.92 Å². The molecule has 1 aliphatic rings. The molecule has 1 aliphatic heterocycles. The molecule has 2 N–H and O–H groups in total. The summed E-state index contributed by atoms with van der Waals surface area (Å²) in [7, 11) is 1.71. The van der Waals surface area contributed by atoms with Crippen molar-refractivity contribution in [2.24, 2.45) is 17.6 Å². The maximum Gasteiger partial charge on any atom is 0.239 e. The molecule has 102 valence electrons. The van der Waals surface area contributed by atoms with E-state index in [1.165, 1.54) is 0 Å². The van der Waals surface area contributed by atoms with Crippen LogP contribution in [0.15, 0.2) is 0 Å². The molecule has 0 aromatic heterocycles. The summed E-state index contributed by atoms with van der Waals surface area (Å²) < 4.78 is 5.15. The highest BCUT2D eigenvalue weighted by Crippen LogP contribution is 2.18. The summed E-state index contributed by atoms with van der Waals surface area (Å²) >= 11 is 0.